The number of hydrogen-bond acceptors (Lipinski definition) is 4. The Morgan fingerprint density at radius 3 is 3.15 bits per heavy atom. The Bertz CT molecular complexity index is 321. The third-order valence-corrected chi connectivity index (χ3v) is 1.21. The second kappa shape index (κ2) is 4.95. The summed E-state index contributed by atoms with van der Waals surface area (Å²) < 4.78 is 4.48. The number of carbonyl (C=O) groups excluding carboxylic acids is 1. The summed E-state index contributed by atoms with van der Waals surface area (Å²) in [6.45, 7) is -0.0217. The van der Waals surface area contributed by atoms with Crippen molar-refractivity contribution < 1.29 is 14.4 Å². The minimum absolute atomic E-state index is 0.187. The van der Waals surface area contributed by atoms with Gasteiger partial charge in [0, 0.05) is 6.07 Å². The fourth-order valence-electron chi connectivity index (χ4n) is 0.663. The molecule has 0 unspecified atom stereocenters. The van der Waals surface area contributed by atoms with Gasteiger partial charge in [-0.05, 0) is 0 Å². The quantitative estimate of drug-likeness (QED) is 0.596. The molecule has 68 valence electrons. The van der Waals surface area contributed by atoms with Crippen molar-refractivity contribution in [2.75, 3.05) is 13.2 Å². The molecule has 0 aliphatic heterocycles. The van der Waals surface area contributed by atoms with Crippen LogP contribution in [0.2, 0.25) is 0 Å². The molecule has 5 nitrogen and oxygen atoms in total. The highest BCUT2D eigenvalue weighted by molar-refractivity contribution is 5.92. The van der Waals surface area contributed by atoms with Gasteiger partial charge in [-0.3, -0.25) is 4.79 Å². The number of hydrogen-bond donors (Lipinski definition) is 2. The topological polar surface area (TPSA) is 75.4 Å². The van der Waals surface area contributed by atoms with Crippen LogP contribution in [0.1, 0.15) is 10.5 Å². The molecule has 1 rings (SSSR count). The van der Waals surface area contributed by atoms with Gasteiger partial charge >= 0.3 is 0 Å². The van der Waals surface area contributed by atoms with Crippen LogP contribution in [0.3, 0.4) is 0 Å². The van der Waals surface area contributed by atoms with Crippen molar-refractivity contribution in [3.8, 4) is 11.8 Å². The highest BCUT2D eigenvalue weighted by atomic mass is 16.5. The maximum Gasteiger partial charge on any atom is 0.274 e. The van der Waals surface area contributed by atoms with Crippen LogP contribution < -0.4 is 5.32 Å². The van der Waals surface area contributed by atoms with Crippen molar-refractivity contribution in [1.29, 1.82) is 0 Å². The van der Waals surface area contributed by atoms with E-state index < -0.39 is 0 Å². The standard InChI is InChI=1S/C8H8N2O3/c11-5-2-1-4-9-8(12)7-3-6-13-10-7/h3,6,11H,4-5H2,(H,9,12). The molecule has 1 aromatic heterocycles. The lowest BCUT2D eigenvalue weighted by atomic mass is 10.4. The van der Waals surface area contributed by atoms with E-state index in [1.807, 2.05) is 0 Å². The van der Waals surface area contributed by atoms with Gasteiger partial charge in [0.2, 0.25) is 0 Å². The van der Waals surface area contributed by atoms with E-state index in [0.717, 1.165) is 0 Å². The summed E-state index contributed by atoms with van der Waals surface area (Å²) in [5.41, 5.74) is 0.214. The van der Waals surface area contributed by atoms with E-state index >= 15 is 0 Å². The van der Waals surface area contributed by atoms with Gasteiger partial charge in [0.15, 0.2) is 5.69 Å². The first-order chi connectivity index (χ1) is 6.34. The molecule has 0 fully saturated rings. The predicted molar refractivity (Wildman–Crippen MR) is 43.7 cm³/mol. The van der Waals surface area contributed by atoms with Crippen molar-refractivity contribution in [2.45, 2.75) is 0 Å². The number of amides is 1. The van der Waals surface area contributed by atoms with Crippen molar-refractivity contribution in [1.82, 2.24) is 10.5 Å². The second-order valence-electron chi connectivity index (χ2n) is 2.08. The summed E-state index contributed by atoms with van der Waals surface area (Å²) in [6, 6.07) is 1.45. The fourth-order valence-corrected chi connectivity index (χ4v) is 0.663. The summed E-state index contributed by atoms with van der Waals surface area (Å²) in [4.78, 5) is 11.1. The van der Waals surface area contributed by atoms with E-state index in [9.17, 15) is 4.79 Å². The van der Waals surface area contributed by atoms with Gasteiger partial charge < -0.3 is 14.9 Å². The first-order valence-electron chi connectivity index (χ1n) is 3.59. The summed E-state index contributed by atoms with van der Waals surface area (Å²) in [5, 5.41) is 14.2. The van der Waals surface area contributed by atoms with Gasteiger partial charge in [-0.25, -0.2) is 0 Å². The van der Waals surface area contributed by atoms with Crippen LogP contribution >= 0.6 is 0 Å². The normalized spacial score (nSPS) is 8.69. The Hall–Kier alpha value is -1.80. The molecule has 0 aromatic carbocycles. The van der Waals surface area contributed by atoms with Crippen molar-refractivity contribution >= 4 is 5.91 Å². The number of carbonyl (C=O) groups is 1. The maximum absolute atomic E-state index is 11.1. The zero-order valence-electron chi connectivity index (χ0n) is 6.78. The van der Waals surface area contributed by atoms with Crippen LogP contribution in [0.15, 0.2) is 16.9 Å². The predicted octanol–water partition coefficient (Wildman–Crippen LogP) is -0.600. The Morgan fingerprint density at radius 2 is 2.54 bits per heavy atom. The maximum atomic E-state index is 11.1. The van der Waals surface area contributed by atoms with Gasteiger partial charge in [0.05, 0.1) is 6.54 Å². The third kappa shape index (κ3) is 2.97. The summed E-state index contributed by atoms with van der Waals surface area (Å²) >= 11 is 0. The Kier molecular flexibility index (Phi) is 3.54. The summed E-state index contributed by atoms with van der Waals surface area (Å²) in [6.07, 6.45) is 1.31. The van der Waals surface area contributed by atoms with E-state index in [-0.39, 0.29) is 24.8 Å². The molecule has 5 heteroatoms. The van der Waals surface area contributed by atoms with Crippen LogP contribution in [-0.2, 0) is 0 Å². The molecule has 0 spiro atoms. The van der Waals surface area contributed by atoms with E-state index in [4.69, 9.17) is 5.11 Å². The highest BCUT2D eigenvalue weighted by Gasteiger charge is 2.05. The molecule has 0 radical (unpaired) electrons. The third-order valence-electron chi connectivity index (χ3n) is 1.21. The summed E-state index contributed by atoms with van der Waals surface area (Å²) in [7, 11) is 0. The molecule has 0 saturated heterocycles. The van der Waals surface area contributed by atoms with Gasteiger partial charge in [-0.15, -0.1) is 0 Å². The van der Waals surface area contributed by atoms with Crippen LogP contribution in [-0.4, -0.2) is 29.3 Å². The highest BCUT2D eigenvalue weighted by Crippen LogP contribution is 1.92. The molecule has 0 saturated carbocycles. The fraction of sp³-hybridized carbons (Fsp3) is 0.250. The average molecular weight is 180 g/mol. The summed E-state index contributed by atoms with van der Waals surface area (Å²) in [5.74, 6) is 4.59. The molecule has 1 aromatic rings. The number of nitrogens with one attached hydrogen (secondary N) is 1. The molecular weight excluding hydrogens is 172 g/mol. The molecule has 1 heterocycles. The molecule has 1 amide bonds. The largest absolute Gasteiger partial charge is 0.384 e. The Labute approximate surface area is 74.7 Å². The number of nitrogens with zero attached hydrogens (tertiary/aromatic N) is 1. The molecule has 2 N–H and O–H groups in total. The SMILES string of the molecule is O=C(NCC#CCO)c1ccon1. The van der Waals surface area contributed by atoms with Crippen LogP contribution in [0.5, 0.6) is 0 Å². The van der Waals surface area contributed by atoms with Crippen molar-refractivity contribution in [3.63, 3.8) is 0 Å². The number of rotatable bonds is 2. The van der Waals surface area contributed by atoms with Crippen LogP contribution in [0, 0.1) is 11.8 Å². The van der Waals surface area contributed by atoms with Gasteiger partial charge in [-0.2, -0.15) is 0 Å². The minimum atomic E-state index is -0.346. The molecule has 0 atom stereocenters. The Morgan fingerprint density at radius 1 is 1.69 bits per heavy atom. The van der Waals surface area contributed by atoms with Crippen LogP contribution in [0.4, 0.5) is 0 Å². The smallest absolute Gasteiger partial charge is 0.274 e. The van der Waals surface area contributed by atoms with Gasteiger partial charge in [-0.1, -0.05) is 17.0 Å². The van der Waals surface area contributed by atoms with Gasteiger partial charge in [0.1, 0.15) is 12.9 Å². The first kappa shape index (κ1) is 9.29. The molecule has 13 heavy (non-hydrogen) atoms. The van der Waals surface area contributed by atoms with E-state index in [2.05, 4.69) is 26.8 Å². The number of aromatic nitrogens is 1. The zero-order chi connectivity index (χ0) is 9.52. The molecule has 0 aliphatic rings. The molecule has 0 bridgehead atoms. The van der Waals surface area contributed by atoms with Crippen LogP contribution in [0.25, 0.3) is 0 Å². The first-order valence-corrected chi connectivity index (χ1v) is 3.59. The number of aliphatic hydroxyl groups excluding tert-OH is 1. The average Bonchev–Trinajstić information content (AvgIpc) is 2.65. The van der Waals surface area contributed by atoms with Crippen molar-refractivity contribution in [3.05, 3.63) is 18.0 Å². The lowest BCUT2D eigenvalue weighted by molar-refractivity contribution is 0.0949. The van der Waals surface area contributed by atoms with E-state index in [1.165, 1.54) is 12.3 Å². The van der Waals surface area contributed by atoms with E-state index in [1.54, 1.807) is 0 Å². The monoisotopic (exact) mass is 180 g/mol. The number of aliphatic hydroxyl groups is 1. The minimum Gasteiger partial charge on any atom is -0.384 e. The van der Waals surface area contributed by atoms with Gasteiger partial charge in [0.25, 0.3) is 5.91 Å². The van der Waals surface area contributed by atoms with E-state index in [0.29, 0.717) is 0 Å². The second-order valence-corrected chi connectivity index (χ2v) is 2.08. The van der Waals surface area contributed by atoms with Crippen molar-refractivity contribution in [2.24, 2.45) is 0 Å². The Balaban J connectivity index is 2.35. The lowest BCUT2D eigenvalue weighted by Gasteiger charge is -1.94. The lowest BCUT2D eigenvalue weighted by Crippen LogP contribution is -2.23. The molecule has 0 aliphatic carbocycles. The zero-order valence-corrected chi connectivity index (χ0v) is 6.78. The molecular formula is C8H8N2O3.